The molecule has 0 fully saturated rings. The first-order valence-electron chi connectivity index (χ1n) is 4.22. The Morgan fingerprint density at radius 3 is 2.69 bits per heavy atom. The van der Waals surface area contributed by atoms with Crippen LogP contribution in [-0.4, -0.2) is 12.2 Å². The van der Waals surface area contributed by atoms with Gasteiger partial charge in [0.2, 0.25) is 0 Å². The van der Waals surface area contributed by atoms with Gasteiger partial charge < -0.3 is 9.84 Å². The molecule has 0 saturated heterocycles. The van der Waals surface area contributed by atoms with E-state index in [4.69, 9.17) is 9.84 Å². The molecule has 0 aromatic heterocycles. The smallest absolute Gasteiger partial charge is 0.261 e. The third-order valence-electron chi connectivity index (χ3n) is 2.08. The van der Waals surface area contributed by atoms with Crippen LogP contribution in [0.15, 0.2) is 24.3 Å². The van der Waals surface area contributed by atoms with Crippen LogP contribution in [0.1, 0.15) is 19.4 Å². The van der Waals surface area contributed by atoms with Crippen molar-refractivity contribution < 1.29 is 9.84 Å². The van der Waals surface area contributed by atoms with E-state index in [0.717, 1.165) is 16.9 Å². The molecule has 1 rings (SSSR count). The van der Waals surface area contributed by atoms with Gasteiger partial charge in [0.25, 0.3) is 5.75 Å². The zero-order valence-corrected chi connectivity index (χ0v) is 8.22. The second kappa shape index (κ2) is 3.99. The number of methoxy groups -OCH3 is 1. The maximum atomic E-state index is 7.68. The van der Waals surface area contributed by atoms with Gasteiger partial charge in [0, 0.05) is 6.07 Å². The van der Waals surface area contributed by atoms with E-state index < -0.39 is 0 Å². The van der Waals surface area contributed by atoms with Crippen LogP contribution in [0, 0.1) is 0 Å². The lowest BCUT2D eigenvalue weighted by molar-refractivity contribution is 0.412. The fourth-order valence-electron chi connectivity index (χ4n) is 1.13. The summed E-state index contributed by atoms with van der Waals surface area (Å²) < 4.78 is 5.09. The van der Waals surface area contributed by atoms with Crippen molar-refractivity contribution in [3.8, 4) is 11.5 Å². The Labute approximate surface area is 78.5 Å². The zero-order valence-electron chi connectivity index (χ0n) is 8.22. The van der Waals surface area contributed by atoms with Gasteiger partial charge in [-0.25, -0.2) is 0 Å². The van der Waals surface area contributed by atoms with Crippen molar-refractivity contribution >= 4 is 5.57 Å². The Morgan fingerprint density at radius 2 is 2.15 bits per heavy atom. The van der Waals surface area contributed by atoms with Gasteiger partial charge in [-0.05, 0) is 31.6 Å². The lowest BCUT2D eigenvalue weighted by atomic mass is 10.1. The lowest BCUT2D eigenvalue weighted by Gasteiger charge is -2.04. The molecule has 2 N–H and O–H groups in total. The Balaban J connectivity index is 3.19. The van der Waals surface area contributed by atoms with Crippen molar-refractivity contribution in [1.29, 1.82) is 0 Å². The summed E-state index contributed by atoms with van der Waals surface area (Å²) in [7, 11) is 1.63. The predicted molar refractivity (Wildman–Crippen MR) is 55.4 cm³/mol. The molecule has 0 amide bonds. The number of benzene rings is 1. The van der Waals surface area contributed by atoms with Crippen LogP contribution in [0.3, 0.4) is 0 Å². The molecule has 0 radical (unpaired) electrons. The molecule has 0 saturated carbocycles. The van der Waals surface area contributed by atoms with Gasteiger partial charge in [0.05, 0.1) is 12.7 Å². The summed E-state index contributed by atoms with van der Waals surface area (Å²) >= 11 is 0. The molecule has 0 aliphatic carbocycles. The molecule has 70 valence electrons. The van der Waals surface area contributed by atoms with Crippen molar-refractivity contribution in [1.82, 2.24) is 0 Å². The van der Waals surface area contributed by atoms with Crippen LogP contribution >= 0.6 is 0 Å². The highest BCUT2D eigenvalue weighted by molar-refractivity contribution is 5.69. The van der Waals surface area contributed by atoms with Crippen LogP contribution in [0.2, 0.25) is 0 Å². The number of hydrogen-bond donors (Lipinski definition) is 0. The van der Waals surface area contributed by atoms with Gasteiger partial charge in [-0.1, -0.05) is 6.08 Å². The number of hydrogen-bond acceptors (Lipinski definition) is 1. The predicted octanol–water partition coefficient (Wildman–Crippen LogP) is 2.56. The van der Waals surface area contributed by atoms with Gasteiger partial charge in [-0.2, -0.15) is 0 Å². The SMILES string of the molecule is C/C=C(\C)c1cc(OC)ccc1[OH2+]. The zero-order chi connectivity index (χ0) is 9.84. The largest absolute Gasteiger partial charge is 0.593 e. The maximum Gasteiger partial charge on any atom is 0.261 e. The Bertz CT molecular complexity index is 327. The molecule has 13 heavy (non-hydrogen) atoms. The fourth-order valence-corrected chi connectivity index (χ4v) is 1.13. The highest BCUT2D eigenvalue weighted by atomic mass is 16.5. The van der Waals surface area contributed by atoms with Crippen molar-refractivity contribution in [3.63, 3.8) is 0 Å². The van der Waals surface area contributed by atoms with E-state index in [1.165, 1.54) is 0 Å². The van der Waals surface area contributed by atoms with Crippen molar-refractivity contribution in [2.45, 2.75) is 13.8 Å². The summed E-state index contributed by atoms with van der Waals surface area (Å²) in [5.74, 6) is 1.34. The fraction of sp³-hybridized carbons (Fsp3) is 0.273. The summed E-state index contributed by atoms with van der Waals surface area (Å²) in [5.41, 5.74) is 2.03. The normalized spacial score (nSPS) is 11.5. The molecule has 0 atom stereocenters. The molecule has 0 spiro atoms. The molecule has 1 aromatic rings. The molecular formula is C11H15O2+. The first kappa shape index (κ1) is 9.65. The summed E-state index contributed by atoms with van der Waals surface area (Å²) in [6.45, 7) is 3.96. The average molecular weight is 179 g/mol. The second-order valence-electron chi connectivity index (χ2n) is 2.88. The maximum absolute atomic E-state index is 7.68. The monoisotopic (exact) mass is 179 g/mol. The molecule has 0 bridgehead atoms. The highest BCUT2D eigenvalue weighted by Crippen LogP contribution is 2.28. The number of rotatable bonds is 2. The van der Waals surface area contributed by atoms with Gasteiger partial charge in [0.15, 0.2) is 0 Å². The standard InChI is InChI=1S/C11H14O2/c1-4-8(2)10-7-9(13-3)5-6-11(10)12/h4-7,12H,1-3H3/p+1/b8-4+. The van der Waals surface area contributed by atoms with Crippen molar-refractivity contribution in [3.05, 3.63) is 29.8 Å². The Hall–Kier alpha value is -1.44. The van der Waals surface area contributed by atoms with Crippen LogP contribution in [0.25, 0.3) is 5.57 Å². The summed E-state index contributed by atoms with van der Waals surface area (Å²) in [6, 6.07) is 5.44. The highest BCUT2D eigenvalue weighted by Gasteiger charge is 2.07. The first-order chi connectivity index (χ1) is 6.19. The molecule has 0 aliphatic heterocycles. The topological polar surface area (TPSA) is 32.1 Å². The van der Waals surface area contributed by atoms with Gasteiger partial charge in [-0.3, -0.25) is 0 Å². The van der Waals surface area contributed by atoms with Crippen LogP contribution in [0.5, 0.6) is 11.5 Å². The van der Waals surface area contributed by atoms with E-state index in [0.29, 0.717) is 5.75 Å². The lowest BCUT2D eigenvalue weighted by Crippen LogP contribution is -1.86. The van der Waals surface area contributed by atoms with E-state index in [1.807, 2.05) is 26.0 Å². The van der Waals surface area contributed by atoms with Crippen molar-refractivity contribution in [2.75, 3.05) is 7.11 Å². The summed E-state index contributed by atoms with van der Waals surface area (Å²) in [6.07, 6.45) is 1.99. The van der Waals surface area contributed by atoms with Crippen LogP contribution < -0.4 is 4.74 Å². The average Bonchev–Trinajstić information content (AvgIpc) is 2.17. The van der Waals surface area contributed by atoms with E-state index in [2.05, 4.69) is 0 Å². The molecule has 2 heteroatoms. The van der Waals surface area contributed by atoms with Crippen LogP contribution in [0.4, 0.5) is 0 Å². The molecular weight excluding hydrogens is 164 g/mol. The van der Waals surface area contributed by atoms with Crippen molar-refractivity contribution in [2.24, 2.45) is 0 Å². The minimum absolute atomic E-state index is 0.538. The van der Waals surface area contributed by atoms with E-state index >= 15 is 0 Å². The van der Waals surface area contributed by atoms with Gasteiger partial charge >= 0.3 is 0 Å². The minimum atomic E-state index is 0.538. The summed E-state index contributed by atoms with van der Waals surface area (Å²) in [4.78, 5) is 0. The van der Waals surface area contributed by atoms with E-state index in [9.17, 15) is 0 Å². The molecule has 0 heterocycles. The second-order valence-corrected chi connectivity index (χ2v) is 2.88. The minimum Gasteiger partial charge on any atom is -0.593 e. The third kappa shape index (κ3) is 2.02. The number of allylic oxidation sites excluding steroid dienone is 2. The van der Waals surface area contributed by atoms with Crippen LogP contribution in [-0.2, 0) is 0 Å². The number of ether oxygens (including phenoxy) is 1. The first-order valence-corrected chi connectivity index (χ1v) is 4.22. The quantitative estimate of drug-likeness (QED) is 0.642. The van der Waals surface area contributed by atoms with Gasteiger partial charge in [0.1, 0.15) is 5.75 Å². The molecule has 2 nitrogen and oxygen atoms in total. The van der Waals surface area contributed by atoms with Gasteiger partial charge in [-0.15, -0.1) is 0 Å². The van der Waals surface area contributed by atoms with E-state index in [1.54, 1.807) is 19.2 Å². The molecule has 1 aromatic carbocycles. The summed E-state index contributed by atoms with van der Waals surface area (Å²) in [5, 5.41) is 7.68. The Kier molecular flexibility index (Phi) is 2.96. The Morgan fingerprint density at radius 1 is 1.46 bits per heavy atom. The molecule has 0 unspecified atom stereocenters. The van der Waals surface area contributed by atoms with E-state index in [-0.39, 0.29) is 0 Å². The molecule has 0 aliphatic rings. The third-order valence-corrected chi connectivity index (χ3v) is 2.08.